The number of fused-ring (bicyclic) bond motifs is 3. The highest BCUT2D eigenvalue weighted by Gasteiger charge is 2.22. The molecule has 1 aliphatic rings. The van der Waals surface area contributed by atoms with Gasteiger partial charge in [-0.05, 0) is 30.4 Å². The molecule has 1 N–H and O–H groups in total. The molecular formula is C19H19N3O3S2. The highest BCUT2D eigenvalue weighted by atomic mass is 32.2. The Morgan fingerprint density at radius 2 is 2.15 bits per heavy atom. The first-order valence-corrected chi connectivity index (χ1v) is 10.5. The zero-order chi connectivity index (χ0) is 18.8. The van der Waals surface area contributed by atoms with E-state index in [1.807, 2.05) is 30.3 Å². The number of aryl methyl sites for hydroxylation is 2. The summed E-state index contributed by atoms with van der Waals surface area (Å²) in [6, 6.07) is 9.61. The Morgan fingerprint density at radius 3 is 2.96 bits per heavy atom. The summed E-state index contributed by atoms with van der Waals surface area (Å²) in [6.45, 7) is 0.306. The van der Waals surface area contributed by atoms with Gasteiger partial charge in [-0.1, -0.05) is 42.1 Å². The topological polar surface area (TPSA) is 73.2 Å². The van der Waals surface area contributed by atoms with E-state index >= 15 is 0 Å². The fourth-order valence-electron chi connectivity index (χ4n) is 3.17. The average Bonchev–Trinajstić information content (AvgIpc) is 3.25. The molecule has 1 aromatic carbocycles. The van der Waals surface area contributed by atoms with Crippen LogP contribution in [0.4, 0.5) is 0 Å². The minimum atomic E-state index is -0.265. The molecule has 3 aromatic rings. The lowest BCUT2D eigenvalue weighted by atomic mass is 10.2. The molecule has 6 nitrogen and oxygen atoms in total. The van der Waals surface area contributed by atoms with Crippen LogP contribution in [0.3, 0.4) is 0 Å². The number of amides is 1. The van der Waals surface area contributed by atoms with Gasteiger partial charge >= 0.3 is 0 Å². The monoisotopic (exact) mass is 401 g/mol. The van der Waals surface area contributed by atoms with Gasteiger partial charge < -0.3 is 0 Å². The smallest absolute Gasteiger partial charge is 0.262 e. The molecule has 0 aliphatic heterocycles. The van der Waals surface area contributed by atoms with Crippen molar-refractivity contribution >= 4 is 39.2 Å². The predicted molar refractivity (Wildman–Crippen MR) is 107 cm³/mol. The molecule has 8 heteroatoms. The van der Waals surface area contributed by atoms with Crippen LogP contribution < -0.4 is 11.0 Å². The van der Waals surface area contributed by atoms with E-state index in [2.05, 4.69) is 10.5 Å². The largest absolute Gasteiger partial charge is 0.290 e. The summed E-state index contributed by atoms with van der Waals surface area (Å²) in [5, 5.41) is 1.31. The first-order valence-electron chi connectivity index (χ1n) is 8.72. The van der Waals surface area contributed by atoms with Crippen LogP contribution in [0.15, 0.2) is 40.3 Å². The lowest BCUT2D eigenvalue weighted by Crippen LogP contribution is -2.26. The zero-order valence-corrected chi connectivity index (χ0v) is 16.5. The molecule has 1 aliphatic carbocycles. The van der Waals surface area contributed by atoms with Gasteiger partial charge in [0.2, 0.25) is 0 Å². The molecule has 2 aromatic heterocycles. The van der Waals surface area contributed by atoms with E-state index in [4.69, 9.17) is 4.84 Å². The second-order valence-corrected chi connectivity index (χ2v) is 8.41. The molecule has 0 atom stereocenters. The molecule has 27 heavy (non-hydrogen) atoms. The number of thiophene rings is 1. The summed E-state index contributed by atoms with van der Waals surface area (Å²) < 4.78 is 1.54. The fraction of sp³-hybridized carbons (Fsp3) is 0.316. The van der Waals surface area contributed by atoms with Gasteiger partial charge in [0.1, 0.15) is 4.83 Å². The molecule has 1 amide bonds. The van der Waals surface area contributed by atoms with Crippen molar-refractivity contribution in [3.05, 3.63) is 56.7 Å². The lowest BCUT2D eigenvalue weighted by Gasteiger charge is -2.08. The second-order valence-electron chi connectivity index (χ2n) is 6.38. The minimum Gasteiger partial charge on any atom is -0.290 e. The van der Waals surface area contributed by atoms with Crippen LogP contribution in [-0.4, -0.2) is 21.2 Å². The van der Waals surface area contributed by atoms with Crippen molar-refractivity contribution in [3.8, 4) is 0 Å². The van der Waals surface area contributed by atoms with Crippen LogP contribution in [0.2, 0.25) is 0 Å². The highest BCUT2D eigenvalue weighted by Crippen LogP contribution is 2.35. The molecule has 0 unspecified atom stereocenters. The van der Waals surface area contributed by atoms with Crippen molar-refractivity contribution in [2.45, 2.75) is 31.0 Å². The Kier molecular flexibility index (Phi) is 5.29. The van der Waals surface area contributed by atoms with Gasteiger partial charge in [0.15, 0.2) is 5.16 Å². The molecule has 140 valence electrons. The number of benzene rings is 1. The van der Waals surface area contributed by atoms with Crippen LogP contribution >= 0.6 is 23.1 Å². The molecule has 0 fully saturated rings. The number of carbonyl (C=O) groups is 1. The average molecular weight is 402 g/mol. The normalized spacial score (nSPS) is 13.1. The number of hydrogen-bond donors (Lipinski definition) is 1. The van der Waals surface area contributed by atoms with Gasteiger partial charge in [-0.2, -0.15) is 0 Å². The van der Waals surface area contributed by atoms with Crippen molar-refractivity contribution in [3.63, 3.8) is 0 Å². The second kappa shape index (κ2) is 7.84. The third kappa shape index (κ3) is 3.78. The summed E-state index contributed by atoms with van der Waals surface area (Å²) in [7, 11) is 1.71. The van der Waals surface area contributed by atoms with E-state index in [0.29, 0.717) is 11.8 Å². The maximum absolute atomic E-state index is 12.7. The van der Waals surface area contributed by atoms with E-state index in [-0.39, 0.29) is 17.2 Å². The maximum atomic E-state index is 12.7. The Hall–Kier alpha value is -2.16. The van der Waals surface area contributed by atoms with E-state index in [0.717, 1.165) is 35.0 Å². The van der Waals surface area contributed by atoms with Gasteiger partial charge in [0.25, 0.3) is 11.5 Å². The Balaban J connectivity index is 1.39. The number of rotatable bonds is 6. The van der Waals surface area contributed by atoms with Crippen LogP contribution in [-0.2, 0) is 36.1 Å². The quantitative estimate of drug-likeness (QED) is 0.391. The Morgan fingerprint density at radius 1 is 1.33 bits per heavy atom. The van der Waals surface area contributed by atoms with Gasteiger partial charge in [0.05, 0.1) is 17.7 Å². The first kappa shape index (κ1) is 18.2. The molecule has 0 spiro atoms. The third-order valence-electron chi connectivity index (χ3n) is 4.51. The number of nitrogens with zero attached hydrogens (tertiary/aromatic N) is 2. The number of hydrogen-bond acceptors (Lipinski definition) is 6. The van der Waals surface area contributed by atoms with Crippen LogP contribution in [0, 0.1) is 0 Å². The van der Waals surface area contributed by atoms with Crippen molar-refractivity contribution < 1.29 is 9.63 Å². The van der Waals surface area contributed by atoms with Crippen molar-refractivity contribution in [1.82, 2.24) is 15.0 Å². The number of nitrogens with one attached hydrogen (secondary N) is 1. The Bertz CT molecular complexity index is 1040. The number of hydroxylamine groups is 1. The van der Waals surface area contributed by atoms with Crippen LogP contribution in [0.5, 0.6) is 0 Å². The number of aromatic nitrogens is 2. The van der Waals surface area contributed by atoms with Crippen LogP contribution in [0.25, 0.3) is 10.2 Å². The van der Waals surface area contributed by atoms with Gasteiger partial charge in [-0.25, -0.2) is 10.5 Å². The van der Waals surface area contributed by atoms with E-state index in [1.54, 1.807) is 18.4 Å². The van der Waals surface area contributed by atoms with E-state index in [1.165, 1.54) is 26.8 Å². The first-order chi connectivity index (χ1) is 13.1. The maximum Gasteiger partial charge on any atom is 0.262 e. The standard InChI is InChI=1S/C19H19N3O3S2/c1-22-18(24)16-13-8-5-9-14(13)27-17(16)20-19(22)26-11-15(23)21-25-10-12-6-3-2-4-7-12/h2-4,6-7H,5,8-11H2,1H3,(H,21,23). The predicted octanol–water partition coefficient (Wildman–Crippen LogP) is 2.82. The molecule has 0 bridgehead atoms. The molecule has 0 radical (unpaired) electrons. The molecular weight excluding hydrogens is 382 g/mol. The van der Waals surface area contributed by atoms with Gasteiger partial charge in [-0.3, -0.25) is 19.0 Å². The van der Waals surface area contributed by atoms with Crippen molar-refractivity contribution in [2.75, 3.05) is 5.75 Å². The number of thioether (sulfide) groups is 1. The third-order valence-corrected chi connectivity index (χ3v) is 6.72. The highest BCUT2D eigenvalue weighted by molar-refractivity contribution is 7.99. The fourth-order valence-corrected chi connectivity index (χ4v) is 5.23. The summed E-state index contributed by atoms with van der Waals surface area (Å²) in [5.41, 5.74) is 4.56. The van der Waals surface area contributed by atoms with Gasteiger partial charge in [-0.15, -0.1) is 11.3 Å². The lowest BCUT2D eigenvalue weighted by molar-refractivity contribution is -0.131. The van der Waals surface area contributed by atoms with Crippen LogP contribution in [0.1, 0.15) is 22.4 Å². The van der Waals surface area contributed by atoms with Crippen molar-refractivity contribution in [2.24, 2.45) is 7.05 Å². The molecule has 4 rings (SSSR count). The number of carbonyl (C=O) groups excluding carboxylic acids is 1. The summed E-state index contributed by atoms with van der Waals surface area (Å²) in [5.74, 6) is -0.134. The zero-order valence-electron chi connectivity index (χ0n) is 14.9. The Labute approximate surface area is 164 Å². The minimum absolute atomic E-state index is 0.0253. The summed E-state index contributed by atoms with van der Waals surface area (Å²) in [6.07, 6.45) is 3.10. The summed E-state index contributed by atoms with van der Waals surface area (Å²) >= 11 is 2.84. The van der Waals surface area contributed by atoms with E-state index in [9.17, 15) is 9.59 Å². The van der Waals surface area contributed by atoms with Crippen molar-refractivity contribution in [1.29, 1.82) is 0 Å². The summed E-state index contributed by atoms with van der Waals surface area (Å²) in [4.78, 5) is 36.7. The molecule has 0 saturated heterocycles. The van der Waals surface area contributed by atoms with E-state index < -0.39 is 0 Å². The van der Waals surface area contributed by atoms with Gasteiger partial charge in [0, 0.05) is 11.9 Å². The SMILES string of the molecule is Cn1c(SCC(=O)NOCc2ccccc2)nc2sc3c(c2c1=O)CCC3. The molecule has 2 heterocycles. The molecule has 0 saturated carbocycles.